The average Bonchev–Trinajstić information content (AvgIpc) is 2.48. The van der Waals surface area contributed by atoms with Crippen molar-refractivity contribution >= 4 is 5.78 Å². The van der Waals surface area contributed by atoms with Crippen LogP contribution in [-0.2, 0) is 11.2 Å². The molecule has 2 fully saturated rings. The van der Waals surface area contributed by atoms with Crippen LogP contribution >= 0.6 is 0 Å². The summed E-state index contributed by atoms with van der Waals surface area (Å²) in [5, 5.41) is 0. The van der Waals surface area contributed by atoms with Gasteiger partial charge in [-0.25, -0.2) is 0 Å². The molecule has 1 heteroatoms. The summed E-state index contributed by atoms with van der Waals surface area (Å²) in [6, 6.07) is 10.2. The molecule has 1 aromatic rings. The van der Waals surface area contributed by atoms with Gasteiger partial charge in [-0.3, -0.25) is 4.79 Å². The van der Waals surface area contributed by atoms with Gasteiger partial charge in [0.25, 0.3) is 0 Å². The first-order valence-electron chi connectivity index (χ1n) is 7.89. The van der Waals surface area contributed by atoms with Crippen molar-refractivity contribution in [3.05, 3.63) is 35.9 Å². The lowest BCUT2D eigenvalue weighted by molar-refractivity contribution is -0.124. The van der Waals surface area contributed by atoms with E-state index in [9.17, 15) is 4.79 Å². The number of carbonyl (C=O) groups is 1. The monoisotopic (exact) mass is 256 g/mol. The minimum absolute atomic E-state index is 0.347. The third-order valence-corrected chi connectivity index (χ3v) is 5.22. The highest BCUT2D eigenvalue weighted by atomic mass is 16.1. The summed E-state index contributed by atoms with van der Waals surface area (Å²) in [5.74, 6) is 2.62. The Morgan fingerprint density at radius 1 is 0.947 bits per heavy atom. The van der Waals surface area contributed by atoms with Crippen LogP contribution in [0.2, 0.25) is 0 Å². The second-order valence-corrected chi connectivity index (χ2v) is 6.44. The summed E-state index contributed by atoms with van der Waals surface area (Å²) >= 11 is 0. The van der Waals surface area contributed by atoms with Gasteiger partial charge in [0, 0.05) is 12.3 Å². The van der Waals surface area contributed by atoms with Gasteiger partial charge in [0.15, 0.2) is 0 Å². The highest BCUT2D eigenvalue weighted by Gasteiger charge is 2.34. The molecule has 102 valence electrons. The summed E-state index contributed by atoms with van der Waals surface area (Å²) in [6.45, 7) is 0. The van der Waals surface area contributed by atoms with Crippen molar-refractivity contribution in [1.82, 2.24) is 0 Å². The van der Waals surface area contributed by atoms with Crippen LogP contribution in [-0.4, -0.2) is 5.78 Å². The number of hydrogen-bond acceptors (Lipinski definition) is 1. The maximum absolute atomic E-state index is 12.4. The lowest BCUT2D eigenvalue weighted by atomic mass is 9.66. The Balaban J connectivity index is 1.59. The van der Waals surface area contributed by atoms with Crippen LogP contribution in [0.5, 0.6) is 0 Å². The Morgan fingerprint density at radius 2 is 1.68 bits per heavy atom. The molecule has 0 saturated heterocycles. The first-order chi connectivity index (χ1) is 9.33. The molecule has 0 heterocycles. The normalized spacial score (nSPS) is 30.6. The van der Waals surface area contributed by atoms with Crippen molar-refractivity contribution in [2.75, 3.05) is 0 Å². The van der Waals surface area contributed by atoms with Crippen molar-refractivity contribution in [3.63, 3.8) is 0 Å². The van der Waals surface area contributed by atoms with E-state index in [0.717, 1.165) is 18.3 Å². The van der Waals surface area contributed by atoms with Gasteiger partial charge < -0.3 is 0 Å². The van der Waals surface area contributed by atoms with E-state index in [1.165, 1.54) is 44.1 Å². The number of ketones is 1. The lowest BCUT2D eigenvalue weighted by Crippen LogP contribution is -2.31. The van der Waals surface area contributed by atoms with Crippen molar-refractivity contribution in [3.8, 4) is 0 Å². The number of carbonyl (C=O) groups excluding carboxylic acids is 1. The Morgan fingerprint density at radius 3 is 2.47 bits per heavy atom. The van der Waals surface area contributed by atoms with Crippen LogP contribution in [0.3, 0.4) is 0 Å². The predicted molar refractivity (Wildman–Crippen MR) is 77.9 cm³/mol. The van der Waals surface area contributed by atoms with Crippen molar-refractivity contribution in [2.24, 2.45) is 17.8 Å². The SMILES string of the molecule is O=C(Cc1ccccc1)C1CCC2CCCCC2C1. The van der Waals surface area contributed by atoms with Crippen LogP contribution in [0.15, 0.2) is 30.3 Å². The van der Waals surface area contributed by atoms with E-state index in [4.69, 9.17) is 0 Å². The molecule has 19 heavy (non-hydrogen) atoms. The van der Waals surface area contributed by atoms with Crippen molar-refractivity contribution < 1.29 is 4.79 Å². The molecule has 0 bridgehead atoms. The minimum atomic E-state index is 0.347. The minimum Gasteiger partial charge on any atom is -0.299 e. The zero-order valence-electron chi connectivity index (χ0n) is 11.7. The largest absolute Gasteiger partial charge is 0.299 e. The molecule has 3 rings (SSSR count). The second-order valence-electron chi connectivity index (χ2n) is 6.44. The number of Topliss-reactive ketones (excluding diaryl/α,β-unsaturated/α-hetero) is 1. The van der Waals surface area contributed by atoms with E-state index in [2.05, 4.69) is 12.1 Å². The Bertz CT molecular complexity index is 423. The van der Waals surface area contributed by atoms with Gasteiger partial charge in [0.05, 0.1) is 0 Å². The van der Waals surface area contributed by atoms with Crippen LogP contribution in [0.4, 0.5) is 0 Å². The summed E-state index contributed by atoms with van der Waals surface area (Å²) in [4.78, 5) is 12.4. The molecular formula is C18H24O. The first-order valence-corrected chi connectivity index (χ1v) is 7.89. The first kappa shape index (κ1) is 12.9. The standard InChI is InChI=1S/C18H24O/c19-18(12-14-6-2-1-3-7-14)17-11-10-15-8-4-5-9-16(15)13-17/h1-3,6-7,15-17H,4-5,8-13H2. The molecule has 2 aliphatic carbocycles. The van der Waals surface area contributed by atoms with Gasteiger partial charge >= 0.3 is 0 Å². The lowest BCUT2D eigenvalue weighted by Gasteiger charge is -2.38. The maximum Gasteiger partial charge on any atom is 0.140 e. The third kappa shape index (κ3) is 3.08. The van der Waals surface area contributed by atoms with E-state index in [-0.39, 0.29) is 0 Å². The van der Waals surface area contributed by atoms with Gasteiger partial charge in [-0.1, -0.05) is 56.0 Å². The number of hydrogen-bond donors (Lipinski definition) is 0. The molecule has 0 radical (unpaired) electrons. The van der Waals surface area contributed by atoms with E-state index in [1.807, 2.05) is 18.2 Å². The van der Waals surface area contributed by atoms with Crippen molar-refractivity contribution in [2.45, 2.75) is 51.4 Å². The molecule has 1 aromatic carbocycles. The smallest absolute Gasteiger partial charge is 0.140 e. The summed E-state index contributed by atoms with van der Waals surface area (Å²) < 4.78 is 0. The van der Waals surface area contributed by atoms with Gasteiger partial charge in [0.2, 0.25) is 0 Å². The molecule has 1 nitrogen and oxygen atoms in total. The molecule has 0 amide bonds. The van der Waals surface area contributed by atoms with Gasteiger partial charge in [-0.05, 0) is 36.7 Å². The van der Waals surface area contributed by atoms with Crippen LogP contribution in [0.25, 0.3) is 0 Å². The molecule has 3 atom stereocenters. The van der Waals surface area contributed by atoms with Crippen LogP contribution < -0.4 is 0 Å². The summed E-state index contributed by atoms with van der Waals surface area (Å²) in [7, 11) is 0. The zero-order chi connectivity index (χ0) is 13.1. The van der Waals surface area contributed by atoms with E-state index >= 15 is 0 Å². The average molecular weight is 256 g/mol. The predicted octanol–water partition coefficient (Wildman–Crippen LogP) is 4.40. The molecule has 2 aliphatic rings. The van der Waals surface area contributed by atoms with E-state index < -0.39 is 0 Å². The third-order valence-electron chi connectivity index (χ3n) is 5.22. The van der Waals surface area contributed by atoms with Crippen molar-refractivity contribution in [1.29, 1.82) is 0 Å². The second kappa shape index (κ2) is 5.90. The number of rotatable bonds is 3. The molecule has 3 unspecified atom stereocenters. The zero-order valence-corrected chi connectivity index (χ0v) is 11.7. The van der Waals surface area contributed by atoms with Crippen LogP contribution in [0.1, 0.15) is 50.5 Å². The highest BCUT2D eigenvalue weighted by Crippen LogP contribution is 2.43. The topological polar surface area (TPSA) is 17.1 Å². The Hall–Kier alpha value is -1.11. The van der Waals surface area contributed by atoms with Gasteiger partial charge in [-0.2, -0.15) is 0 Å². The Labute approximate surface area is 116 Å². The fraction of sp³-hybridized carbons (Fsp3) is 0.611. The molecule has 2 saturated carbocycles. The summed E-state index contributed by atoms with van der Waals surface area (Å²) in [6.07, 6.45) is 9.87. The van der Waals surface area contributed by atoms with Gasteiger partial charge in [-0.15, -0.1) is 0 Å². The number of benzene rings is 1. The fourth-order valence-corrected chi connectivity index (χ4v) is 4.11. The fourth-order valence-electron chi connectivity index (χ4n) is 4.11. The Kier molecular flexibility index (Phi) is 4.00. The molecule has 0 N–H and O–H groups in total. The number of fused-ring (bicyclic) bond motifs is 1. The highest BCUT2D eigenvalue weighted by molar-refractivity contribution is 5.83. The maximum atomic E-state index is 12.4. The summed E-state index contributed by atoms with van der Waals surface area (Å²) in [5.41, 5.74) is 1.18. The van der Waals surface area contributed by atoms with Gasteiger partial charge in [0.1, 0.15) is 5.78 Å². The molecule has 0 aromatic heterocycles. The van der Waals surface area contributed by atoms with Crippen LogP contribution in [0, 0.1) is 17.8 Å². The van der Waals surface area contributed by atoms with E-state index in [0.29, 0.717) is 18.1 Å². The van der Waals surface area contributed by atoms with E-state index in [1.54, 1.807) is 0 Å². The molecular weight excluding hydrogens is 232 g/mol. The quantitative estimate of drug-likeness (QED) is 0.783. The molecule has 0 aliphatic heterocycles. The molecule has 0 spiro atoms.